The Balaban J connectivity index is 2.12. The van der Waals surface area contributed by atoms with E-state index in [0.717, 1.165) is 18.4 Å². The van der Waals surface area contributed by atoms with E-state index in [2.05, 4.69) is 10.0 Å². The standard InChI is InChI=1S/C14H22N2O3S/c1-11(15-2)13-7-3-4-8-14(13)16-20(17,18)10-12-6-5-9-19-12/h3-4,7-8,11-12,15-16H,5-6,9-10H2,1-2H3. The summed E-state index contributed by atoms with van der Waals surface area (Å²) in [6.45, 7) is 2.65. The number of ether oxygens (including phenoxy) is 1. The molecule has 1 aliphatic rings. The Morgan fingerprint density at radius 2 is 2.15 bits per heavy atom. The molecule has 0 aromatic heterocycles. The molecule has 0 amide bonds. The molecule has 6 heteroatoms. The van der Waals surface area contributed by atoms with E-state index in [4.69, 9.17) is 4.74 Å². The molecule has 1 heterocycles. The number of nitrogens with one attached hydrogen (secondary N) is 2. The fourth-order valence-electron chi connectivity index (χ4n) is 2.35. The highest BCUT2D eigenvalue weighted by Crippen LogP contribution is 2.24. The fourth-order valence-corrected chi connectivity index (χ4v) is 3.71. The van der Waals surface area contributed by atoms with Crippen LogP contribution in [-0.2, 0) is 14.8 Å². The Morgan fingerprint density at radius 1 is 1.40 bits per heavy atom. The number of sulfonamides is 1. The number of rotatable bonds is 6. The van der Waals surface area contributed by atoms with E-state index in [1.54, 1.807) is 6.07 Å². The van der Waals surface area contributed by atoms with Crippen LogP contribution in [0.2, 0.25) is 0 Å². The molecule has 1 aliphatic heterocycles. The van der Waals surface area contributed by atoms with Gasteiger partial charge in [0, 0.05) is 12.6 Å². The van der Waals surface area contributed by atoms with Gasteiger partial charge in [-0.3, -0.25) is 4.72 Å². The first-order chi connectivity index (χ1) is 9.52. The minimum atomic E-state index is -3.39. The highest BCUT2D eigenvalue weighted by molar-refractivity contribution is 7.92. The number of hydrogen-bond donors (Lipinski definition) is 2. The van der Waals surface area contributed by atoms with Crippen LogP contribution in [0.15, 0.2) is 24.3 Å². The molecule has 1 fully saturated rings. The molecule has 0 aliphatic carbocycles. The molecule has 1 aromatic rings. The first-order valence-corrected chi connectivity index (χ1v) is 8.55. The zero-order valence-electron chi connectivity index (χ0n) is 11.9. The molecular formula is C14H22N2O3S. The van der Waals surface area contributed by atoms with Crippen molar-refractivity contribution in [3.05, 3.63) is 29.8 Å². The van der Waals surface area contributed by atoms with Crippen LogP contribution in [0.25, 0.3) is 0 Å². The highest BCUT2D eigenvalue weighted by atomic mass is 32.2. The van der Waals surface area contributed by atoms with E-state index < -0.39 is 10.0 Å². The third-order valence-electron chi connectivity index (χ3n) is 3.56. The fraction of sp³-hybridized carbons (Fsp3) is 0.571. The monoisotopic (exact) mass is 298 g/mol. The maximum absolute atomic E-state index is 12.2. The summed E-state index contributed by atoms with van der Waals surface area (Å²) in [7, 11) is -1.54. The number of anilines is 1. The molecule has 2 unspecified atom stereocenters. The number of benzene rings is 1. The van der Waals surface area contributed by atoms with Crippen molar-refractivity contribution >= 4 is 15.7 Å². The summed E-state index contributed by atoms with van der Waals surface area (Å²) in [4.78, 5) is 0. The first-order valence-electron chi connectivity index (χ1n) is 6.90. The molecule has 2 rings (SSSR count). The van der Waals surface area contributed by atoms with Crippen LogP contribution in [0, 0.1) is 0 Å². The van der Waals surface area contributed by atoms with Crippen molar-refractivity contribution in [3.8, 4) is 0 Å². The van der Waals surface area contributed by atoms with Gasteiger partial charge in [-0.2, -0.15) is 0 Å². The van der Waals surface area contributed by atoms with Crippen LogP contribution in [0.4, 0.5) is 5.69 Å². The summed E-state index contributed by atoms with van der Waals surface area (Å²) in [5.74, 6) is 0.0231. The summed E-state index contributed by atoms with van der Waals surface area (Å²) in [5, 5.41) is 3.12. The number of para-hydroxylation sites is 1. The molecule has 112 valence electrons. The lowest BCUT2D eigenvalue weighted by Gasteiger charge is -2.18. The lowest BCUT2D eigenvalue weighted by atomic mass is 10.1. The molecule has 5 nitrogen and oxygen atoms in total. The van der Waals surface area contributed by atoms with Crippen molar-refractivity contribution in [3.63, 3.8) is 0 Å². The molecule has 0 spiro atoms. The summed E-state index contributed by atoms with van der Waals surface area (Å²) < 4.78 is 32.5. The molecule has 0 bridgehead atoms. The van der Waals surface area contributed by atoms with Gasteiger partial charge in [-0.05, 0) is 38.4 Å². The average Bonchev–Trinajstić information content (AvgIpc) is 2.90. The lowest BCUT2D eigenvalue weighted by molar-refractivity contribution is 0.127. The molecule has 20 heavy (non-hydrogen) atoms. The van der Waals surface area contributed by atoms with Gasteiger partial charge in [0.2, 0.25) is 10.0 Å². The minimum absolute atomic E-state index is 0.0231. The first kappa shape index (κ1) is 15.3. The summed E-state index contributed by atoms with van der Waals surface area (Å²) >= 11 is 0. The Labute approximate surface area is 120 Å². The predicted octanol–water partition coefficient (Wildman–Crippen LogP) is 1.89. The number of hydrogen-bond acceptors (Lipinski definition) is 4. The van der Waals surface area contributed by atoms with Gasteiger partial charge in [0.25, 0.3) is 0 Å². The van der Waals surface area contributed by atoms with Crippen molar-refractivity contribution in [1.29, 1.82) is 0 Å². The van der Waals surface area contributed by atoms with Gasteiger partial charge in [-0.1, -0.05) is 18.2 Å². The minimum Gasteiger partial charge on any atom is -0.377 e. The zero-order chi connectivity index (χ0) is 14.6. The second-order valence-electron chi connectivity index (χ2n) is 5.12. The summed E-state index contributed by atoms with van der Waals surface area (Å²) in [6.07, 6.45) is 1.57. The van der Waals surface area contributed by atoms with E-state index in [1.807, 2.05) is 32.2 Å². The second-order valence-corrected chi connectivity index (χ2v) is 6.88. The van der Waals surface area contributed by atoms with Crippen LogP contribution in [0.3, 0.4) is 0 Å². The van der Waals surface area contributed by atoms with Crippen molar-refractivity contribution in [2.45, 2.75) is 31.9 Å². The van der Waals surface area contributed by atoms with Gasteiger partial charge in [-0.15, -0.1) is 0 Å². The van der Waals surface area contributed by atoms with Crippen LogP contribution >= 0.6 is 0 Å². The van der Waals surface area contributed by atoms with E-state index in [9.17, 15) is 8.42 Å². The molecule has 1 aromatic carbocycles. The van der Waals surface area contributed by atoms with Crippen LogP contribution in [-0.4, -0.2) is 33.9 Å². The summed E-state index contributed by atoms with van der Waals surface area (Å²) in [5.41, 5.74) is 1.57. The third kappa shape index (κ3) is 3.94. The molecule has 2 atom stereocenters. The molecular weight excluding hydrogens is 276 g/mol. The predicted molar refractivity (Wildman–Crippen MR) is 80.3 cm³/mol. The maximum Gasteiger partial charge on any atom is 0.235 e. The van der Waals surface area contributed by atoms with Crippen molar-refractivity contribution < 1.29 is 13.2 Å². The van der Waals surface area contributed by atoms with E-state index in [-0.39, 0.29) is 17.9 Å². The van der Waals surface area contributed by atoms with E-state index in [1.165, 1.54) is 0 Å². The van der Waals surface area contributed by atoms with E-state index >= 15 is 0 Å². The van der Waals surface area contributed by atoms with Crippen molar-refractivity contribution in [2.75, 3.05) is 24.1 Å². The molecule has 1 saturated heterocycles. The highest BCUT2D eigenvalue weighted by Gasteiger charge is 2.24. The molecule has 2 N–H and O–H groups in total. The summed E-state index contributed by atoms with van der Waals surface area (Å²) in [6, 6.07) is 7.52. The van der Waals surface area contributed by atoms with Gasteiger partial charge in [0.1, 0.15) is 0 Å². The third-order valence-corrected chi connectivity index (χ3v) is 4.90. The van der Waals surface area contributed by atoms with Crippen LogP contribution in [0.5, 0.6) is 0 Å². The Bertz CT molecular complexity index is 539. The van der Waals surface area contributed by atoms with Crippen molar-refractivity contribution in [2.24, 2.45) is 0 Å². The SMILES string of the molecule is CNC(C)c1ccccc1NS(=O)(=O)CC1CCCO1. The molecule has 0 radical (unpaired) electrons. The lowest BCUT2D eigenvalue weighted by Crippen LogP contribution is -2.26. The maximum atomic E-state index is 12.2. The van der Waals surface area contributed by atoms with Crippen LogP contribution < -0.4 is 10.0 Å². The Kier molecular flexibility index (Phi) is 5.01. The zero-order valence-corrected chi connectivity index (χ0v) is 12.7. The van der Waals surface area contributed by atoms with Crippen molar-refractivity contribution in [1.82, 2.24) is 5.32 Å². The normalized spacial score (nSPS) is 20.8. The van der Waals surface area contributed by atoms with E-state index in [0.29, 0.717) is 12.3 Å². The Hall–Kier alpha value is -1.11. The van der Waals surface area contributed by atoms with Gasteiger partial charge < -0.3 is 10.1 Å². The van der Waals surface area contributed by atoms with Crippen LogP contribution in [0.1, 0.15) is 31.4 Å². The Morgan fingerprint density at radius 3 is 2.80 bits per heavy atom. The van der Waals surface area contributed by atoms with Gasteiger partial charge in [-0.25, -0.2) is 8.42 Å². The quantitative estimate of drug-likeness (QED) is 0.841. The largest absolute Gasteiger partial charge is 0.377 e. The second kappa shape index (κ2) is 6.56. The van der Waals surface area contributed by atoms with Gasteiger partial charge in [0.05, 0.1) is 17.5 Å². The smallest absolute Gasteiger partial charge is 0.235 e. The van der Waals surface area contributed by atoms with Gasteiger partial charge >= 0.3 is 0 Å². The van der Waals surface area contributed by atoms with Gasteiger partial charge in [0.15, 0.2) is 0 Å². The molecule has 0 saturated carbocycles. The average molecular weight is 298 g/mol. The topological polar surface area (TPSA) is 67.4 Å².